The van der Waals surface area contributed by atoms with Gasteiger partial charge in [0.25, 0.3) is 0 Å². The molecule has 2 aromatic rings. The van der Waals surface area contributed by atoms with Crippen molar-refractivity contribution in [2.24, 2.45) is 0 Å². The maximum atomic E-state index is 11.9. The minimum atomic E-state index is -0.368. The number of nitrogens with zero attached hydrogens (tertiary/aromatic N) is 1. The molecule has 0 aliphatic rings. The molecule has 0 bridgehead atoms. The zero-order valence-electron chi connectivity index (χ0n) is 11.6. The lowest BCUT2D eigenvalue weighted by Crippen LogP contribution is -2.14. The summed E-state index contributed by atoms with van der Waals surface area (Å²) in [6.07, 6.45) is 1.84. The number of hydrogen-bond acceptors (Lipinski definition) is 4. The number of hydrogen-bond donors (Lipinski definition) is 1. The van der Waals surface area contributed by atoms with Crippen LogP contribution in [0.2, 0.25) is 0 Å². The third-order valence-electron chi connectivity index (χ3n) is 2.81. The van der Waals surface area contributed by atoms with E-state index in [0.717, 1.165) is 9.86 Å². The van der Waals surface area contributed by atoms with Crippen LogP contribution in [0.1, 0.15) is 19.8 Å². The van der Waals surface area contributed by atoms with E-state index in [2.05, 4.69) is 26.2 Å². The first-order valence-electron chi connectivity index (χ1n) is 6.60. The number of benzene rings is 1. The van der Waals surface area contributed by atoms with E-state index in [-0.39, 0.29) is 24.7 Å². The Hall–Kier alpha value is -1.95. The van der Waals surface area contributed by atoms with Crippen molar-refractivity contribution in [2.45, 2.75) is 19.8 Å². The lowest BCUT2D eigenvalue weighted by Gasteiger charge is -2.08. The normalized spacial score (nSPS) is 10.4. The van der Waals surface area contributed by atoms with Gasteiger partial charge in [-0.1, -0.05) is 12.1 Å². The van der Waals surface area contributed by atoms with Crippen molar-refractivity contribution in [2.75, 3.05) is 11.9 Å². The van der Waals surface area contributed by atoms with Gasteiger partial charge in [0, 0.05) is 22.5 Å². The van der Waals surface area contributed by atoms with Crippen LogP contribution in [0.3, 0.4) is 0 Å². The van der Waals surface area contributed by atoms with Crippen LogP contribution in [0.25, 0.3) is 10.9 Å². The fourth-order valence-electron chi connectivity index (χ4n) is 1.90. The fraction of sp³-hybridized carbons (Fsp3) is 0.267. The number of pyridine rings is 1. The Balaban J connectivity index is 2.06. The molecule has 1 heterocycles. The van der Waals surface area contributed by atoms with Crippen LogP contribution >= 0.6 is 15.9 Å². The van der Waals surface area contributed by atoms with E-state index in [9.17, 15) is 9.59 Å². The van der Waals surface area contributed by atoms with Crippen molar-refractivity contribution >= 4 is 44.4 Å². The molecule has 0 saturated heterocycles. The topological polar surface area (TPSA) is 68.3 Å². The van der Waals surface area contributed by atoms with Gasteiger partial charge in [-0.05, 0) is 35.0 Å². The summed E-state index contributed by atoms with van der Waals surface area (Å²) < 4.78 is 5.67. The molecule has 110 valence electrons. The van der Waals surface area contributed by atoms with E-state index >= 15 is 0 Å². The smallest absolute Gasteiger partial charge is 0.306 e. The predicted molar refractivity (Wildman–Crippen MR) is 83.9 cm³/mol. The average Bonchev–Trinajstić information content (AvgIpc) is 2.45. The fourth-order valence-corrected chi connectivity index (χ4v) is 2.25. The Morgan fingerprint density at radius 3 is 2.90 bits per heavy atom. The van der Waals surface area contributed by atoms with Crippen molar-refractivity contribution in [1.82, 2.24) is 4.98 Å². The summed E-state index contributed by atoms with van der Waals surface area (Å²) in [7, 11) is 0. The second-order valence-corrected chi connectivity index (χ2v) is 5.30. The first-order valence-corrected chi connectivity index (χ1v) is 7.39. The Kier molecular flexibility index (Phi) is 5.27. The summed E-state index contributed by atoms with van der Waals surface area (Å²) in [5.41, 5.74) is 1.35. The molecule has 0 atom stereocenters. The molecular formula is C15H15BrN2O3. The van der Waals surface area contributed by atoms with Crippen molar-refractivity contribution in [3.63, 3.8) is 0 Å². The quantitative estimate of drug-likeness (QED) is 0.840. The lowest BCUT2D eigenvalue weighted by molar-refractivity contribution is -0.144. The molecule has 0 spiro atoms. The maximum absolute atomic E-state index is 11.9. The molecule has 1 N–H and O–H groups in total. The highest BCUT2D eigenvalue weighted by Crippen LogP contribution is 2.24. The third-order valence-corrected chi connectivity index (χ3v) is 3.25. The summed E-state index contributed by atoms with van der Waals surface area (Å²) in [6.45, 7) is 2.06. The van der Waals surface area contributed by atoms with Crippen LogP contribution < -0.4 is 5.32 Å². The number of esters is 1. The number of amides is 1. The van der Waals surface area contributed by atoms with Crippen LogP contribution in [0.4, 0.5) is 5.69 Å². The van der Waals surface area contributed by atoms with E-state index in [4.69, 9.17) is 4.74 Å². The molecule has 2 rings (SSSR count). The van der Waals surface area contributed by atoms with Crippen molar-refractivity contribution in [3.8, 4) is 0 Å². The summed E-state index contributed by atoms with van der Waals surface area (Å²) in [5, 5.41) is 3.70. The van der Waals surface area contributed by atoms with Crippen LogP contribution in [0.15, 0.2) is 34.9 Å². The predicted octanol–water partition coefficient (Wildman–Crippen LogP) is 3.28. The number of carbonyl (C=O) groups excluding carboxylic acids is 2. The maximum Gasteiger partial charge on any atom is 0.306 e. The number of halogens is 1. The Morgan fingerprint density at radius 2 is 2.14 bits per heavy atom. The molecule has 0 unspecified atom stereocenters. The van der Waals surface area contributed by atoms with E-state index < -0.39 is 0 Å². The van der Waals surface area contributed by atoms with Crippen LogP contribution in [0, 0.1) is 0 Å². The molecule has 0 radical (unpaired) electrons. The van der Waals surface area contributed by atoms with Gasteiger partial charge in [0.05, 0.1) is 24.2 Å². The molecule has 0 saturated carbocycles. The molecule has 21 heavy (non-hydrogen) atoms. The number of nitrogens with one attached hydrogen (secondary N) is 1. The van der Waals surface area contributed by atoms with Gasteiger partial charge in [0.15, 0.2) is 0 Å². The van der Waals surface area contributed by atoms with Gasteiger partial charge in [-0.15, -0.1) is 0 Å². The number of aromatic nitrogens is 1. The second kappa shape index (κ2) is 7.17. The SMILES string of the molecule is CCOC(=O)CCC(=O)Nc1cccc2cc(Br)cnc12. The summed E-state index contributed by atoms with van der Waals surface area (Å²) in [5.74, 6) is -0.604. The van der Waals surface area contributed by atoms with E-state index in [1.807, 2.05) is 18.2 Å². The zero-order valence-corrected chi connectivity index (χ0v) is 13.1. The van der Waals surface area contributed by atoms with Crippen LogP contribution in [-0.2, 0) is 14.3 Å². The van der Waals surface area contributed by atoms with Gasteiger partial charge in [-0.2, -0.15) is 0 Å². The standard InChI is InChI=1S/C15H15BrN2O3/c1-2-21-14(20)7-6-13(19)18-12-5-3-4-10-8-11(16)9-17-15(10)12/h3-5,8-9H,2,6-7H2,1H3,(H,18,19). The highest BCUT2D eigenvalue weighted by Gasteiger charge is 2.10. The number of para-hydroxylation sites is 1. The van der Waals surface area contributed by atoms with E-state index in [1.165, 1.54) is 0 Å². The number of carbonyl (C=O) groups is 2. The van der Waals surface area contributed by atoms with Gasteiger partial charge in [-0.3, -0.25) is 14.6 Å². The lowest BCUT2D eigenvalue weighted by atomic mass is 10.2. The monoisotopic (exact) mass is 350 g/mol. The minimum absolute atomic E-state index is 0.0728. The molecule has 6 heteroatoms. The molecule has 0 fully saturated rings. The van der Waals surface area contributed by atoms with Gasteiger partial charge < -0.3 is 10.1 Å². The first kappa shape index (κ1) is 15.4. The summed E-state index contributed by atoms with van der Waals surface area (Å²) in [4.78, 5) is 27.4. The molecule has 5 nitrogen and oxygen atoms in total. The number of anilines is 1. The molecule has 1 amide bonds. The van der Waals surface area contributed by atoms with Crippen LogP contribution in [0.5, 0.6) is 0 Å². The van der Waals surface area contributed by atoms with Gasteiger partial charge in [0.1, 0.15) is 0 Å². The number of ether oxygens (including phenoxy) is 1. The number of fused-ring (bicyclic) bond motifs is 1. The summed E-state index contributed by atoms with van der Waals surface area (Å²) in [6, 6.07) is 7.47. The molecular weight excluding hydrogens is 336 g/mol. The second-order valence-electron chi connectivity index (χ2n) is 4.38. The van der Waals surface area contributed by atoms with Crippen molar-refractivity contribution in [3.05, 3.63) is 34.9 Å². The largest absolute Gasteiger partial charge is 0.466 e. The Labute approximate surface area is 130 Å². The first-order chi connectivity index (χ1) is 10.1. The van der Waals surface area contributed by atoms with Crippen molar-refractivity contribution < 1.29 is 14.3 Å². The molecule has 1 aromatic heterocycles. The van der Waals surface area contributed by atoms with Gasteiger partial charge in [0.2, 0.25) is 5.91 Å². The van der Waals surface area contributed by atoms with Gasteiger partial charge in [-0.25, -0.2) is 0 Å². The molecule has 0 aliphatic carbocycles. The van der Waals surface area contributed by atoms with Crippen molar-refractivity contribution in [1.29, 1.82) is 0 Å². The van der Waals surface area contributed by atoms with Gasteiger partial charge >= 0.3 is 5.97 Å². The molecule has 1 aromatic carbocycles. The highest BCUT2D eigenvalue weighted by molar-refractivity contribution is 9.10. The average molecular weight is 351 g/mol. The number of rotatable bonds is 5. The van der Waals surface area contributed by atoms with E-state index in [0.29, 0.717) is 17.8 Å². The Bertz CT molecular complexity index is 673. The zero-order chi connectivity index (χ0) is 15.2. The minimum Gasteiger partial charge on any atom is -0.466 e. The van der Waals surface area contributed by atoms with Crippen LogP contribution in [-0.4, -0.2) is 23.5 Å². The third kappa shape index (κ3) is 4.26. The molecule has 0 aliphatic heterocycles. The summed E-state index contributed by atoms with van der Waals surface area (Å²) >= 11 is 3.36. The van der Waals surface area contributed by atoms with E-state index in [1.54, 1.807) is 19.2 Å². The highest BCUT2D eigenvalue weighted by atomic mass is 79.9. The Morgan fingerprint density at radius 1 is 1.33 bits per heavy atom.